The number of piperidine rings is 1. The van der Waals surface area contributed by atoms with Crippen LogP contribution in [0.4, 0.5) is 0 Å². The van der Waals surface area contributed by atoms with Gasteiger partial charge in [0.1, 0.15) is 0 Å². The third-order valence-electron chi connectivity index (χ3n) is 4.04. The Morgan fingerprint density at radius 3 is 2.50 bits per heavy atom. The quantitative estimate of drug-likeness (QED) is 0.864. The summed E-state index contributed by atoms with van der Waals surface area (Å²) in [5, 5.41) is 0.600. The molecule has 1 fully saturated rings. The number of aromatic nitrogens is 1. The van der Waals surface area contributed by atoms with Gasteiger partial charge in [0.15, 0.2) is 0 Å². The van der Waals surface area contributed by atoms with Gasteiger partial charge in [0.25, 0.3) is 5.91 Å². The Bertz CT molecular complexity index is 637. The lowest BCUT2D eigenvalue weighted by molar-refractivity contribution is 0.0727. The predicted molar refractivity (Wildman–Crippen MR) is 90.2 cm³/mol. The number of hydrogen-bond donors (Lipinski definition) is 0. The van der Waals surface area contributed by atoms with E-state index < -0.39 is 0 Å². The first kappa shape index (κ1) is 15.1. The minimum Gasteiger partial charge on any atom is -0.339 e. The van der Waals surface area contributed by atoms with E-state index in [1.54, 1.807) is 24.5 Å². The van der Waals surface area contributed by atoms with E-state index in [0.717, 1.165) is 31.5 Å². The topological polar surface area (TPSA) is 33.2 Å². The molecule has 0 atom stereocenters. The second-order valence-electron chi connectivity index (χ2n) is 5.61. The molecule has 0 spiro atoms. The number of aryl methyl sites for hydroxylation is 1. The molecular formula is C18H20N2OS. The summed E-state index contributed by atoms with van der Waals surface area (Å²) in [6, 6.07) is 12.1. The van der Waals surface area contributed by atoms with Crippen LogP contribution in [-0.2, 0) is 0 Å². The van der Waals surface area contributed by atoms with Gasteiger partial charge in [-0.25, -0.2) is 0 Å². The molecule has 0 N–H and O–H groups in total. The third kappa shape index (κ3) is 3.50. The van der Waals surface area contributed by atoms with Crippen molar-refractivity contribution in [3.8, 4) is 0 Å². The van der Waals surface area contributed by atoms with E-state index in [2.05, 4.69) is 36.2 Å². The van der Waals surface area contributed by atoms with Crippen LogP contribution in [0.2, 0.25) is 0 Å². The molecule has 0 saturated carbocycles. The van der Waals surface area contributed by atoms with Gasteiger partial charge in [0, 0.05) is 41.2 Å². The molecule has 0 radical (unpaired) electrons. The highest BCUT2D eigenvalue weighted by atomic mass is 32.2. The molecule has 1 saturated heterocycles. The van der Waals surface area contributed by atoms with E-state index in [1.165, 1.54) is 10.5 Å². The van der Waals surface area contributed by atoms with Crippen LogP contribution in [-0.4, -0.2) is 34.1 Å². The molecule has 22 heavy (non-hydrogen) atoms. The fraction of sp³-hybridized carbons (Fsp3) is 0.333. The van der Waals surface area contributed by atoms with Gasteiger partial charge in [-0.15, -0.1) is 11.8 Å². The fourth-order valence-electron chi connectivity index (χ4n) is 2.72. The molecule has 1 aliphatic heterocycles. The number of carbonyl (C=O) groups excluding carboxylic acids is 1. The molecule has 3 rings (SSSR count). The molecule has 0 bridgehead atoms. The first-order chi connectivity index (χ1) is 10.7. The largest absolute Gasteiger partial charge is 0.339 e. The number of hydrogen-bond acceptors (Lipinski definition) is 3. The van der Waals surface area contributed by atoms with Crippen molar-refractivity contribution in [2.75, 3.05) is 13.1 Å². The summed E-state index contributed by atoms with van der Waals surface area (Å²) in [6.07, 6.45) is 5.45. The molecule has 1 aromatic heterocycles. The first-order valence-electron chi connectivity index (χ1n) is 7.65. The Labute approximate surface area is 135 Å². The SMILES string of the molecule is Cc1ccccc1SC1CCN(C(=O)c2ccncc2)CC1. The van der Waals surface area contributed by atoms with Crippen molar-refractivity contribution >= 4 is 17.7 Å². The highest BCUT2D eigenvalue weighted by Crippen LogP contribution is 2.32. The molecule has 2 aromatic rings. The zero-order valence-electron chi connectivity index (χ0n) is 12.7. The maximum atomic E-state index is 12.4. The zero-order valence-corrected chi connectivity index (χ0v) is 13.6. The van der Waals surface area contributed by atoms with Crippen molar-refractivity contribution < 1.29 is 4.79 Å². The van der Waals surface area contributed by atoms with Crippen LogP contribution in [0, 0.1) is 6.92 Å². The van der Waals surface area contributed by atoms with Crippen LogP contribution >= 0.6 is 11.8 Å². The smallest absolute Gasteiger partial charge is 0.253 e. The summed E-state index contributed by atoms with van der Waals surface area (Å²) >= 11 is 1.95. The molecule has 0 unspecified atom stereocenters. The van der Waals surface area contributed by atoms with Crippen LogP contribution < -0.4 is 0 Å². The average molecular weight is 312 g/mol. The normalized spacial score (nSPS) is 15.8. The molecular weight excluding hydrogens is 292 g/mol. The average Bonchev–Trinajstić information content (AvgIpc) is 2.58. The lowest BCUT2D eigenvalue weighted by Gasteiger charge is -2.32. The monoisotopic (exact) mass is 312 g/mol. The molecule has 4 heteroatoms. The van der Waals surface area contributed by atoms with Gasteiger partial charge in [-0.2, -0.15) is 0 Å². The Balaban J connectivity index is 1.57. The minimum absolute atomic E-state index is 0.127. The summed E-state index contributed by atoms with van der Waals surface area (Å²) in [5.74, 6) is 0.127. The first-order valence-corrected chi connectivity index (χ1v) is 8.53. The minimum atomic E-state index is 0.127. The van der Waals surface area contributed by atoms with Crippen LogP contribution in [0.5, 0.6) is 0 Å². The van der Waals surface area contributed by atoms with Crippen molar-refractivity contribution in [3.63, 3.8) is 0 Å². The fourth-order valence-corrected chi connectivity index (χ4v) is 3.94. The lowest BCUT2D eigenvalue weighted by Crippen LogP contribution is -2.39. The Morgan fingerprint density at radius 1 is 1.14 bits per heavy atom. The number of rotatable bonds is 3. The van der Waals surface area contributed by atoms with E-state index in [9.17, 15) is 4.79 Å². The number of thioether (sulfide) groups is 1. The van der Waals surface area contributed by atoms with Gasteiger partial charge >= 0.3 is 0 Å². The molecule has 1 amide bonds. The summed E-state index contributed by atoms with van der Waals surface area (Å²) in [6.45, 7) is 3.83. The van der Waals surface area contributed by atoms with Gasteiger partial charge in [-0.1, -0.05) is 18.2 Å². The van der Waals surface area contributed by atoms with Crippen molar-refractivity contribution in [2.45, 2.75) is 29.9 Å². The van der Waals surface area contributed by atoms with Crippen LogP contribution in [0.25, 0.3) is 0 Å². The number of amides is 1. The van der Waals surface area contributed by atoms with E-state index in [1.807, 2.05) is 16.7 Å². The van der Waals surface area contributed by atoms with Crippen molar-refractivity contribution in [1.29, 1.82) is 0 Å². The Hall–Kier alpha value is -1.81. The van der Waals surface area contributed by atoms with Crippen molar-refractivity contribution in [3.05, 3.63) is 59.9 Å². The summed E-state index contributed by atoms with van der Waals surface area (Å²) < 4.78 is 0. The van der Waals surface area contributed by atoms with Crippen LogP contribution in [0.3, 0.4) is 0 Å². The van der Waals surface area contributed by atoms with Gasteiger partial charge in [-0.3, -0.25) is 9.78 Å². The summed E-state index contributed by atoms with van der Waals surface area (Å²) in [4.78, 5) is 19.7. The maximum Gasteiger partial charge on any atom is 0.253 e. The number of likely N-dealkylation sites (tertiary alicyclic amines) is 1. The highest BCUT2D eigenvalue weighted by molar-refractivity contribution is 8.00. The number of nitrogens with zero attached hydrogens (tertiary/aromatic N) is 2. The summed E-state index contributed by atoms with van der Waals surface area (Å²) in [5.41, 5.74) is 2.07. The number of pyridine rings is 1. The molecule has 3 nitrogen and oxygen atoms in total. The summed E-state index contributed by atoms with van der Waals surface area (Å²) in [7, 11) is 0. The van der Waals surface area contributed by atoms with E-state index in [4.69, 9.17) is 0 Å². The van der Waals surface area contributed by atoms with E-state index >= 15 is 0 Å². The standard InChI is InChI=1S/C18H20N2OS/c1-14-4-2-3-5-17(14)22-16-8-12-20(13-9-16)18(21)15-6-10-19-11-7-15/h2-7,10-11,16H,8-9,12-13H2,1H3. The van der Waals surface area contributed by atoms with Crippen LogP contribution in [0.15, 0.2) is 53.7 Å². The molecule has 1 aromatic carbocycles. The third-order valence-corrected chi connectivity index (χ3v) is 5.56. The van der Waals surface area contributed by atoms with Crippen molar-refractivity contribution in [1.82, 2.24) is 9.88 Å². The molecule has 0 aliphatic carbocycles. The van der Waals surface area contributed by atoms with Crippen LogP contribution in [0.1, 0.15) is 28.8 Å². The number of carbonyl (C=O) groups is 1. The second-order valence-corrected chi connectivity index (χ2v) is 6.95. The molecule has 2 heterocycles. The zero-order chi connectivity index (χ0) is 15.4. The van der Waals surface area contributed by atoms with Gasteiger partial charge < -0.3 is 4.90 Å². The second kappa shape index (κ2) is 6.97. The van der Waals surface area contributed by atoms with Crippen molar-refractivity contribution in [2.24, 2.45) is 0 Å². The van der Waals surface area contributed by atoms with Gasteiger partial charge in [0.05, 0.1) is 0 Å². The van der Waals surface area contributed by atoms with E-state index in [-0.39, 0.29) is 5.91 Å². The van der Waals surface area contributed by atoms with Gasteiger partial charge in [0.2, 0.25) is 0 Å². The Kier molecular flexibility index (Phi) is 4.78. The maximum absolute atomic E-state index is 12.4. The molecule has 1 aliphatic rings. The lowest BCUT2D eigenvalue weighted by atomic mass is 10.1. The van der Waals surface area contributed by atoms with E-state index in [0.29, 0.717) is 5.25 Å². The Morgan fingerprint density at radius 2 is 1.82 bits per heavy atom. The number of benzene rings is 1. The highest BCUT2D eigenvalue weighted by Gasteiger charge is 2.24. The van der Waals surface area contributed by atoms with Gasteiger partial charge in [-0.05, 0) is 43.5 Å². The predicted octanol–water partition coefficient (Wildman–Crippen LogP) is 3.79. The molecule has 114 valence electrons.